The highest BCUT2D eigenvalue weighted by atomic mass is 31.2. The lowest BCUT2D eigenvalue weighted by Gasteiger charge is -2.35. The second-order valence-electron chi connectivity index (χ2n) is 4.75. The summed E-state index contributed by atoms with van der Waals surface area (Å²) in [4.78, 5) is 41.9. The Bertz CT molecular complexity index is 478. The van der Waals surface area contributed by atoms with Crippen LogP contribution in [-0.4, -0.2) is 40.5 Å². The van der Waals surface area contributed by atoms with E-state index in [9.17, 15) is 23.9 Å². The van der Waals surface area contributed by atoms with Crippen LogP contribution in [-0.2, 0) is 18.9 Å². The molecule has 8 heteroatoms. The van der Waals surface area contributed by atoms with Crippen LogP contribution in [0.1, 0.15) is 33.1 Å². The molecule has 0 saturated carbocycles. The normalized spacial score (nSPS) is 14.1. The second-order valence-corrected chi connectivity index (χ2v) is 6.70. The molecule has 22 heavy (non-hydrogen) atoms. The van der Waals surface area contributed by atoms with Gasteiger partial charge in [-0.15, -0.1) is 6.58 Å². The van der Waals surface area contributed by atoms with Gasteiger partial charge in [-0.2, -0.15) is 0 Å². The first-order valence-corrected chi connectivity index (χ1v) is 8.50. The number of methoxy groups -OCH3 is 1. The van der Waals surface area contributed by atoms with Crippen molar-refractivity contribution in [2.45, 2.75) is 44.3 Å². The third kappa shape index (κ3) is 4.53. The van der Waals surface area contributed by atoms with Crippen LogP contribution in [0.15, 0.2) is 24.3 Å². The van der Waals surface area contributed by atoms with Gasteiger partial charge in [0.15, 0.2) is 0 Å². The molecule has 1 atom stereocenters. The highest BCUT2D eigenvalue weighted by Crippen LogP contribution is 2.59. The molecule has 1 unspecified atom stereocenters. The van der Waals surface area contributed by atoms with Gasteiger partial charge in [0.25, 0.3) is 0 Å². The summed E-state index contributed by atoms with van der Waals surface area (Å²) in [5.74, 6) is -0.722. The summed E-state index contributed by atoms with van der Waals surface area (Å²) in [6.07, 6.45) is 3.72. The van der Waals surface area contributed by atoms with Gasteiger partial charge in [0.05, 0.1) is 12.3 Å². The molecule has 0 fully saturated rings. The van der Waals surface area contributed by atoms with Crippen LogP contribution in [0.2, 0.25) is 0 Å². The predicted molar refractivity (Wildman–Crippen MR) is 83.3 cm³/mol. The maximum absolute atomic E-state index is 12.0. The smallest absolute Gasteiger partial charge is 0.335 e. The number of esters is 1. The zero-order valence-electron chi connectivity index (χ0n) is 13.1. The minimum atomic E-state index is -4.49. The SMILES string of the molecule is C=CCC(=CC(NC=O)C(=O)OC)C(CC)(CC)P(=O)(O)O. The lowest BCUT2D eigenvalue weighted by atomic mass is 9.88. The van der Waals surface area contributed by atoms with Crippen LogP contribution < -0.4 is 5.32 Å². The lowest BCUT2D eigenvalue weighted by molar-refractivity contribution is -0.142. The van der Waals surface area contributed by atoms with Gasteiger partial charge < -0.3 is 19.8 Å². The summed E-state index contributed by atoms with van der Waals surface area (Å²) in [5.41, 5.74) is 0.352. The quantitative estimate of drug-likeness (QED) is 0.242. The molecule has 0 saturated heterocycles. The number of hydrogen-bond acceptors (Lipinski definition) is 4. The maximum atomic E-state index is 12.0. The van der Waals surface area contributed by atoms with Crippen molar-refractivity contribution in [2.75, 3.05) is 7.11 Å². The van der Waals surface area contributed by atoms with E-state index in [-0.39, 0.29) is 19.3 Å². The average Bonchev–Trinajstić information content (AvgIpc) is 2.46. The first kappa shape index (κ1) is 20.6. The lowest BCUT2D eigenvalue weighted by Crippen LogP contribution is -2.38. The first-order chi connectivity index (χ1) is 10.2. The van der Waals surface area contributed by atoms with Crippen molar-refractivity contribution < 1.29 is 28.7 Å². The molecule has 1 amide bonds. The van der Waals surface area contributed by atoms with Crippen molar-refractivity contribution in [3.63, 3.8) is 0 Å². The molecular weight excluding hydrogens is 309 g/mol. The Balaban J connectivity index is 6.09. The Hall–Kier alpha value is -1.43. The second kappa shape index (κ2) is 8.88. The van der Waals surface area contributed by atoms with Crippen molar-refractivity contribution in [2.24, 2.45) is 0 Å². The van der Waals surface area contributed by atoms with E-state index < -0.39 is 24.8 Å². The molecule has 0 aliphatic heterocycles. The molecule has 0 bridgehead atoms. The third-order valence-corrected chi connectivity index (χ3v) is 5.79. The number of nitrogens with one attached hydrogen (secondary N) is 1. The zero-order valence-corrected chi connectivity index (χ0v) is 14.0. The number of ether oxygens (including phenoxy) is 1. The third-order valence-electron chi connectivity index (χ3n) is 3.76. The van der Waals surface area contributed by atoms with Crippen LogP contribution in [0.25, 0.3) is 0 Å². The first-order valence-electron chi connectivity index (χ1n) is 6.89. The van der Waals surface area contributed by atoms with Crippen LogP contribution >= 0.6 is 7.60 Å². The Labute approximate surface area is 130 Å². The van der Waals surface area contributed by atoms with E-state index in [0.29, 0.717) is 12.0 Å². The highest BCUT2D eigenvalue weighted by molar-refractivity contribution is 7.53. The summed E-state index contributed by atoms with van der Waals surface area (Å²) >= 11 is 0. The number of rotatable bonds is 10. The van der Waals surface area contributed by atoms with Gasteiger partial charge in [-0.05, 0) is 24.8 Å². The molecule has 0 radical (unpaired) electrons. The number of carbonyl (C=O) groups excluding carboxylic acids is 2. The molecule has 0 aromatic carbocycles. The molecule has 0 aliphatic carbocycles. The van der Waals surface area contributed by atoms with Gasteiger partial charge >= 0.3 is 13.6 Å². The topological polar surface area (TPSA) is 113 Å². The van der Waals surface area contributed by atoms with E-state index >= 15 is 0 Å². The monoisotopic (exact) mass is 333 g/mol. The van der Waals surface area contributed by atoms with Gasteiger partial charge in [-0.1, -0.05) is 26.0 Å². The summed E-state index contributed by atoms with van der Waals surface area (Å²) in [6.45, 7) is 6.92. The summed E-state index contributed by atoms with van der Waals surface area (Å²) in [7, 11) is -3.33. The minimum absolute atomic E-state index is 0.181. The molecule has 0 heterocycles. The predicted octanol–water partition coefficient (Wildman–Crippen LogP) is 1.51. The Morgan fingerprint density at radius 3 is 2.27 bits per heavy atom. The molecule has 126 valence electrons. The standard InChI is InChI=1S/C14H24NO6P/c1-5-8-11(9-12(15-10-16)13(17)21-4)14(6-2,7-3)22(18,19)20/h5,9-10,12H,1,6-8H2,2-4H3,(H,15,16)(H2,18,19,20). The maximum Gasteiger partial charge on any atom is 0.335 e. The van der Waals surface area contributed by atoms with Crippen molar-refractivity contribution in [3.05, 3.63) is 24.3 Å². The van der Waals surface area contributed by atoms with E-state index in [4.69, 9.17) is 0 Å². The van der Waals surface area contributed by atoms with E-state index in [0.717, 1.165) is 0 Å². The fourth-order valence-electron chi connectivity index (χ4n) is 2.46. The molecular formula is C14H24NO6P. The van der Waals surface area contributed by atoms with Crippen molar-refractivity contribution in [1.29, 1.82) is 0 Å². The number of carbonyl (C=O) groups is 2. The van der Waals surface area contributed by atoms with Gasteiger partial charge in [-0.25, -0.2) is 4.79 Å². The minimum Gasteiger partial charge on any atom is -0.467 e. The van der Waals surface area contributed by atoms with Gasteiger partial charge in [0, 0.05) is 0 Å². The highest BCUT2D eigenvalue weighted by Gasteiger charge is 2.46. The molecule has 0 rings (SSSR count). The van der Waals surface area contributed by atoms with Crippen molar-refractivity contribution >= 4 is 20.0 Å². The molecule has 0 spiro atoms. The van der Waals surface area contributed by atoms with Crippen LogP contribution in [0, 0.1) is 0 Å². The molecule has 0 aromatic heterocycles. The van der Waals surface area contributed by atoms with Gasteiger partial charge in [0.2, 0.25) is 6.41 Å². The van der Waals surface area contributed by atoms with Crippen LogP contribution in [0.3, 0.4) is 0 Å². The van der Waals surface area contributed by atoms with E-state index in [1.165, 1.54) is 19.3 Å². The largest absolute Gasteiger partial charge is 0.467 e. The van der Waals surface area contributed by atoms with Gasteiger partial charge in [-0.3, -0.25) is 9.36 Å². The number of allylic oxidation sites excluding steroid dienone is 2. The average molecular weight is 333 g/mol. The molecule has 7 nitrogen and oxygen atoms in total. The fraction of sp³-hybridized carbons (Fsp3) is 0.571. The zero-order chi connectivity index (χ0) is 17.4. The molecule has 0 aliphatic rings. The number of hydrogen-bond donors (Lipinski definition) is 3. The summed E-state index contributed by atoms with van der Waals surface area (Å²) in [5, 5.41) is 0.870. The van der Waals surface area contributed by atoms with Gasteiger partial charge in [0.1, 0.15) is 6.04 Å². The Kier molecular flexibility index (Phi) is 8.30. The fourth-order valence-corrected chi connectivity index (χ4v) is 3.82. The Morgan fingerprint density at radius 2 is 1.95 bits per heavy atom. The van der Waals surface area contributed by atoms with E-state index in [2.05, 4.69) is 16.6 Å². The van der Waals surface area contributed by atoms with Crippen molar-refractivity contribution in [3.8, 4) is 0 Å². The van der Waals surface area contributed by atoms with Crippen LogP contribution in [0.5, 0.6) is 0 Å². The van der Waals surface area contributed by atoms with E-state index in [1.807, 2.05) is 0 Å². The van der Waals surface area contributed by atoms with Crippen molar-refractivity contribution in [1.82, 2.24) is 5.32 Å². The number of amides is 1. The van der Waals surface area contributed by atoms with Crippen LogP contribution in [0.4, 0.5) is 0 Å². The van der Waals surface area contributed by atoms with E-state index in [1.54, 1.807) is 13.8 Å². The summed E-state index contributed by atoms with van der Waals surface area (Å²) in [6, 6.07) is -1.11. The Morgan fingerprint density at radius 1 is 1.41 bits per heavy atom. The molecule has 3 N–H and O–H groups in total. The summed E-state index contributed by atoms with van der Waals surface area (Å²) < 4.78 is 16.6. The molecule has 0 aromatic rings.